The standard InChI is InChI=1S/C20H17N5OS/c1-2-11-25-19(16-8-4-3-5-9-16)23-24-20(25)27-14-18(26)22-17-10-6-7-15(12-17)13-21/h2-10,12H,1,11,14H2,(H,22,26). The Hall–Kier alpha value is -3.37. The summed E-state index contributed by atoms with van der Waals surface area (Å²) in [7, 11) is 0. The first kappa shape index (κ1) is 18.4. The van der Waals surface area contributed by atoms with Gasteiger partial charge in [-0.25, -0.2) is 0 Å². The smallest absolute Gasteiger partial charge is 0.234 e. The first-order valence-corrected chi connectivity index (χ1v) is 9.22. The van der Waals surface area contributed by atoms with E-state index < -0.39 is 0 Å². The quantitative estimate of drug-likeness (QED) is 0.502. The molecule has 27 heavy (non-hydrogen) atoms. The van der Waals surface area contributed by atoms with Crippen LogP contribution in [0.25, 0.3) is 11.4 Å². The molecule has 0 bridgehead atoms. The molecular weight excluding hydrogens is 358 g/mol. The molecule has 0 radical (unpaired) electrons. The van der Waals surface area contributed by atoms with E-state index in [9.17, 15) is 4.79 Å². The van der Waals surface area contributed by atoms with Crippen molar-refractivity contribution in [3.63, 3.8) is 0 Å². The van der Waals surface area contributed by atoms with Gasteiger partial charge in [-0.2, -0.15) is 5.26 Å². The summed E-state index contributed by atoms with van der Waals surface area (Å²) in [5, 5.41) is 20.9. The fourth-order valence-electron chi connectivity index (χ4n) is 2.48. The summed E-state index contributed by atoms with van der Waals surface area (Å²) in [6.07, 6.45) is 1.77. The number of nitrogens with one attached hydrogen (secondary N) is 1. The van der Waals surface area contributed by atoms with Crippen molar-refractivity contribution in [3.05, 3.63) is 72.8 Å². The highest BCUT2D eigenvalue weighted by molar-refractivity contribution is 7.99. The molecule has 2 aromatic carbocycles. The summed E-state index contributed by atoms with van der Waals surface area (Å²) in [4.78, 5) is 12.2. The van der Waals surface area contributed by atoms with Gasteiger partial charge in [-0.05, 0) is 18.2 Å². The zero-order valence-electron chi connectivity index (χ0n) is 14.5. The molecule has 0 saturated heterocycles. The maximum absolute atomic E-state index is 12.2. The number of aromatic nitrogens is 3. The lowest BCUT2D eigenvalue weighted by molar-refractivity contribution is -0.113. The summed E-state index contributed by atoms with van der Waals surface area (Å²) in [6, 6.07) is 18.6. The van der Waals surface area contributed by atoms with E-state index in [-0.39, 0.29) is 11.7 Å². The van der Waals surface area contributed by atoms with E-state index in [4.69, 9.17) is 5.26 Å². The van der Waals surface area contributed by atoms with Crippen molar-refractivity contribution < 1.29 is 4.79 Å². The number of amides is 1. The minimum absolute atomic E-state index is 0.176. The van der Waals surface area contributed by atoms with Gasteiger partial charge in [-0.15, -0.1) is 16.8 Å². The summed E-state index contributed by atoms with van der Waals surface area (Å²) >= 11 is 1.30. The number of nitrogens with zero attached hydrogens (tertiary/aromatic N) is 4. The molecule has 3 rings (SSSR count). The number of carbonyl (C=O) groups excluding carboxylic acids is 1. The highest BCUT2D eigenvalue weighted by Crippen LogP contribution is 2.24. The Bertz CT molecular complexity index is 991. The van der Waals surface area contributed by atoms with Crippen molar-refractivity contribution in [2.75, 3.05) is 11.1 Å². The Balaban J connectivity index is 1.70. The Kier molecular flexibility index (Phi) is 6.02. The van der Waals surface area contributed by atoms with Crippen molar-refractivity contribution >= 4 is 23.4 Å². The van der Waals surface area contributed by atoms with E-state index >= 15 is 0 Å². The van der Waals surface area contributed by atoms with Gasteiger partial charge >= 0.3 is 0 Å². The van der Waals surface area contributed by atoms with Crippen molar-refractivity contribution in [2.24, 2.45) is 0 Å². The molecule has 134 valence electrons. The third kappa shape index (κ3) is 4.63. The summed E-state index contributed by atoms with van der Waals surface area (Å²) in [5.74, 6) is 0.741. The van der Waals surface area contributed by atoms with Gasteiger partial charge in [0.15, 0.2) is 11.0 Å². The molecule has 0 unspecified atom stereocenters. The zero-order chi connectivity index (χ0) is 19.1. The van der Waals surface area contributed by atoms with Gasteiger partial charge in [0.2, 0.25) is 5.91 Å². The Morgan fingerprint density at radius 2 is 2.04 bits per heavy atom. The Morgan fingerprint density at radius 3 is 2.78 bits per heavy atom. The van der Waals surface area contributed by atoms with E-state index in [2.05, 4.69) is 28.2 Å². The number of thioether (sulfide) groups is 1. The van der Waals surface area contributed by atoms with Gasteiger partial charge < -0.3 is 5.32 Å². The Labute approximate surface area is 161 Å². The predicted octanol–water partition coefficient (Wildman–Crippen LogP) is 3.73. The number of anilines is 1. The lowest BCUT2D eigenvalue weighted by Gasteiger charge is -2.08. The minimum Gasteiger partial charge on any atom is -0.325 e. The largest absolute Gasteiger partial charge is 0.325 e. The van der Waals surface area contributed by atoms with Gasteiger partial charge in [0.05, 0.1) is 17.4 Å². The van der Waals surface area contributed by atoms with Crippen LogP contribution in [0, 0.1) is 11.3 Å². The maximum Gasteiger partial charge on any atom is 0.234 e. The third-order valence-corrected chi connectivity index (χ3v) is 4.64. The second-order valence-corrected chi connectivity index (χ2v) is 6.54. The Morgan fingerprint density at radius 1 is 1.22 bits per heavy atom. The second-order valence-electron chi connectivity index (χ2n) is 5.60. The number of nitriles is 1. The lowest BCUT2D eigenvalue weighted by Crippen LogP contribution is -2.14. The van der Waals surface area contributed by atoms with Crippen molar-refractivity contribution in [1.82, 2.24) is 14.8 Å². The normalized spacial score (nSPS) is 10.2. The fraction of sp³-hybridized carbons (Fsp3) is 0.100. The zero-order valence-corrected chi connectivity index (χ0v) is 15.3. The monoisotopic (exact) mass is 375 g/mol. The predicted molar refractivity (Wildman–Crippen MR) is 106 cm³/mol. The molecule has 6 nitrogen and oxygen atoms in total. The molecule has 1 aromatic heterocycles. The number of carbonyl (C=O) groups is 1. The lowest BCUT2D eigenvalue weighted by atomic mass is 10.2. The molecule has 0 spiro atoms. The third-order valence-electron chi connectivity index (χ3n) is 3.67. The topological polar surface area (TPSA) is 83.6 Å². The molecule has 0 atom stereocenters. The van der Waals surface area contributed by atoms with Crippen LogP contribution in [-0.4, -0.2) is 26.4 Å². The number of benzene rings is 2. The van der Waals surface area contributed by atoms with E-state index in [1.165, 1.54) is 11.8 Å². The van der Waals surface area contributed by atoms with Crippen LogP contribution in [-0.2, 0) is 11.3 Å². The van der Waals surface area contributed by atoms with Gasteiger partial charge in [0.25, 0.3) is 0 Å². The maximum atomic E-state index is 12.2. The van der Waals surface area contributed by atoms with Crippen molar-refractivity contribution in [2.45, 2.75) is 11.7 Å². The summed E-state index contributed by atoms with van der Waals surface area (Å²) in [6.45, 7) is 4.33. The molecule has 7 heteroatoms. The van der Waals surface area contributed by atoms with Crippen LogP contribution in [0.5, 0.6) is 0 Å². The first-order chi connectivity index (χ1) is 13.2. The number of allylic oxidation sites excluding steroid dienone is 1. The molecule has 0 aliphatic rings. The van der Waals surface area contributed by atoms with Crippen LogP contribution in [0.15, 0.2) is 72.4 Å². The molecule has 1 N–H and O–H groups in total. The average molecular weight is 375 g/mol. The molecule has 0 aliphatic heterocycles. The highest BCUT2D eigenvalue weighted by atomic mass is 32.2. The number of hydrogen-bond donors (Lipinski definition) is 1. The van der Waals surface area contributed by atoms with Crippen molar-refractivity contribution in [3.8, 4) is 17.5 Å². The average Bonchev–Trinajstić information content (AvgIpc) is 3.10. The second kappa shape index (κ2) is 8.83. The summed E-state index contributed by atoms with van der Waals surface area (Å²) < 4.78 is 1.93. The number of hydrogen-bond acceptors (Lipinski definition) is 5. The molecule has 0 aliphatic carbocycles. The van der Waals surface area contributed by atoms with Gasteiger partial charge in [0.1, 0.15) is 0 Å². The fourth-order valence-corrected chi connectivity index (χ4v) is 3.23. The molecule has 1 amide bonds. The van der Waals surface area contributed by atoms with E-state index in [1.54, 1.807) is 30.3 Å². The molecule has 0 saturated carbocycles. The van der Waals surface area contributed by atoms with Crippen LogP contribution in [0.2, 0.25) is 0 Å². The van der Waals surface area contributed by atoms with E-state index in [1.807, 2.05) is 34.9 Å². The number of rotatable bonds is 7. The van der Waals surface area contributed by atoms with Crippen LogP contribution >= 0.6 is 11.8 Å². The molecular formula is C20H17N5OS. The SMILES string of the molecule is C=CCn1c(SCC(=O)Nc2cccc(C#N)c2)nnc1-c1ccccc1. The van der Waals surface area contributed by atoms with Crippen LogP contribution in [0.3, 0.4) is 0 Å². The van der Waals surface area contributed by atoms with Crippen molar-refractivity contribution in [1.29, 1.82) is 5.26 Å². The van der Waals surface area contributed by atoms with Gasteiger partial charge in [0, 0.05) is 17.8 Å². The molecule has 3 aromatic rings. The molecule has 1 heterocycles. The van der Waals surface area contributed by atoms with E-state index in [0.717, 1.165) is 11.4 Å². The highest BCUT2D eigenvalue weighted by Gasteiger charge is 2.14. The van der Waals surface area contributed by atoms with Gasteiger partial charge in [-0.3, -0.25) is 9.36 Å². The first-order valence-electron chi connectivity index (χ1n) is 8.23. The van der Waals surface area contributed by atoms with Crippen LogP contribution in [0.4, 0.5) is 5.69 Å². The summed E-state index contributed by atoms with van der Waals surface area (Å²) in [5.41, 5.74) is 2.05. The molecule has 0 fully saturated rings. The minimum atomic E-state index is -0.176. The van der Waals surface area contributed by atoms with Crippen LogP contribution < -0.4 is 5.32 Å². The van der Waals surface area contributed by atoms with E-state index in [0.29, 0.717) is 23.0 Å². The van der Waals surface area contributed by atoms with Gasteiger partial charge in [-0.1, -0.05) is 54.2 Å². The van der Waals surface area contributed by atoms with Crippen LogP contribution in [0.1, 0.15) is 5.56 Å².